The van der Waals surface area contributed by atoms with Crippen molar-refractivity contribution in [2.24, 2.45) is 0 Å². The van der Waals surface area contributed by atoms with Gasteiger partial charge >= 0.3 is 0 Å². The smallest absolute Gasteiger partial charge is 0.236 e. The van der Waals surface area contributed by atoms with Gasteiger partial charge in [0.1, 0.15) is 0 Å². The lowest BCUT2D eigenvalue weighted by Gasteiger charge is -2.22. The number of likely N-dealkylation sites (N-methyl/N-ethyl adjacent to an activating group) is 1. The Hall–Kier alpha value is -0.570. The topological polar surface area (TPSA) is 32.3 Å². The van der Waals surface area contributed by atoms with Crippen molar-refractivity contribution in [1.82, 2.24) is 10.2 Å². The van der Waals surface area contributed by atoms with E-state index in [1.165, 1.54) is 0 Å². The summed E-state index contributed by atoms with van der Waals surface area (Å²) in [4.78, 5) is 13.2. The van der Waals surface area contributed by atoms with Crippen LogP contribution in [0.25, 0.3) is 0 Å². The number of rotatable bonds is 5. The van der Waals surface area contributed by atoms with E-state index < -0.39 is 0 Å². The number of hydrogen-bond donors (Lipinski definition) is 1. The molecule has 1 amide bonds. The second kappa shape index (κ2) is 5.97. The summed E-state index contributed by atoms with van der Waals surface area (Å²) in [6.07, 6.45) is 1.05. The number of nitrogens with zero attached hydrogens (tertiary/aromatic N) is 1. The fraction of sp³-hybridized carbons (Fsp3) is 0.900. The summed E-state index contributed by atoms with van der Waals surface area (Å²) < 4.78 is 0. The predicted octanol–water partition coefficient (Wildman–Crippen LogP) is 1.24. The van der Waals surface area contributed by atoms with E-state index in [4.69, 9.17) is 0 Å². The van der Waals surface area contributed by atoms with Crippen molar-refractivity contribution < 1.29 is 4.79 Å². The molecule has 0 aromatic heterocycles. The zero-order valence-corrected chi connectivity index (χ0v) is 9.42. The Kier molecular flexibility index (Phi) is 5.71. The molecule has 1 unspecified atom stereocenters. The molecule has 0 heterocycles. The van der Waals surface area contributed by atoms with E-state index in [0.717, 1.165) is 6.42 Å². The Balaban J connectivity index is 3.74. The van der Waals surface area contributed by atoms with Crippen LogP contribution in [0.1, 0.15) is 34.1 Å². The van der Waals surface area contributed by atoms with Crippen molar-refractivity contribution in [2.75, 3.05) is 13.6 Å². The van der Waals surface area contributed by atoms with Crippen molar-refractivity contribution in [2.45, 2.75) is 46.2 Å². The molecule has 1 atom stereocenters. The van der Waals surface area contributed by atoms with Crippen molar-refractivity contribution in [3.8, 4) is 0 Å². The molecular weight excluding hydrogens is 164 g/mol. The third-order valence-electron chi connectivity index (χ3n) is 2.38. The Bertz CT molecular complexity index is 157. The average molecular weight is 186 g/mol. The summed E-state index contributed by atoms with van der Waals surface area (Å²) in [5.74, 6) is 0.162. The number of hydrogen-bond acceptors (Lipinski definition) is 2. The zero-order chi connectivity index (χ0) is 10.4. The molecule has 0 bridgehead atoms. The summed E-state index contributed by atoms with van der Waals surface area (Å²) >= 11 is 0. The van der Waals surface area contributed by atoms with Gasteiger partial charge in [-0.2, -0.15) is 0 Å². The molecule has 13 heavy (non-hydrogen) atoms. The normalized spacial score (nSPS) is 13.1. The van der Waals surface area contributed by atoms with Gasteiger partial charge in [0, 0.05) is 19.1 Å². The fourth-order valence-electron chi connectivity index (χ4n) is 0.819. The van der Waals surface area contributed by atoms with E-state index in [9.17, 15) is 4.79 Å². The van der Waals surface area contributed by atoms with Gasteiger partial charge in [0.25, 0.3) is 0 Å². The highest BCUT2D eigenvalue weighted by Gasteiger charge is 2.11. The number of carbonyl (C=O) groups is 1. The molecule has 0 fully saturated rings. The first kappa shape index (κ1) is 12.4. The maximum Gasteiger partial charge on any atom is 0.236 e. The molecule has 0 saturated carbocycles. The van der Waals surface area contributed by atoms with E-state index in [1.54, 1.807) is 4.90 Å². The van der Waals surface area contributed by atoms with Crippen LogP contribution in [-0.2, 0) is 4.79 Å². The third-order valence-corrected chi connectivity index (χ3v) is 2.38. The molecule has 0 aliphatic carbocycles. The van der Waals surface area contributed by atoms with Crippen molar-refractivity contribution in [3.63, 3.8) is 0 Å². The number of nitrogens with one attached hydrogen (secondary N) is 1. The largest absolute Gasteiger partial charge is 0.342 e. The minimum absolute atomic E-state index is 0.162. The van der Waals surface area contributed by atoms with Crippen LogP contribution in [0.5, 0.6) is 0 Å². The van der Waals surface area contributed by atoms with Gasteiger partial charge in [0.15, 0.2) is 0 Å². The van der Waals surface area contributed by atoms with Gasteiger partial charge in [-0.1, -0.05) is 6.92 Å². The Morgan fingerprint density at radius 1 is 1.38 bits per heavy atom. The number of amides is 1. The van der Waals surface area contributed by atoms with E-state index in [2.05, 4.69) is 19.2 Å². The first-order valence-corrected chi connectivity index (χ1v) is 4.98. The summed E-state index contributed by atoms with van der Waals surface area (Å²) in [5.41, 5.74) is 0. The Morgan fingerprint density at radius 3 is 2.31 bits per heavy atom. The van der Waals surface area contributed by atoms with Gasteiger partial charge < -0.3 is 10.2 Å². The van der Waals surface area contributed by atoms with E-state index in [0.29, 0.717) is 12.6 Å². The van der Waals surface area contributed by atoms with Crippen LogP contribution >= 0.6 is 0 Å². The van der Waals surface area contributed by atoms with Gasteiger partial charge in [0.2, 0.25) is 5.91 Å². The summed E-state index contributed by atoms with van der Waals surface area (Å²) in [5, 5.41) is 3.18. The molecule has 3 nitrogen and oxygen atoms in total. The van der Waals surface area contributed by atoms with Crippen LogP contribution in [0.15, 0.2) is 0 Å². The summed E-state index contributed by atoms with van der Waals surface area (Å²) in [6, 6.07) is 0.704. The molecule has 78 valence electrons. The maximum absolute atomic E-state index is 11.5. The van der Waals surface area contributed by atoms with Gasteiger partial charge in [0.05, 0.1) is 6.54 Å². The van der Waals surface area contributed by atoms with Crippen LogP contribution in [0, 0.1) is 0 Å². The third kappa shape index (κ3) is 4.88. The first-order chi connectivity index (χ1) is 5.99. The number of carbonyl (C=O) groups excluding carboxylic acids is 1. The second-order valence-corrected chi connectivity index (χ2v) is 3.79. The van der Waals surface area contributed by atoms with Crippen LogP contribution in [-0.4, -0.2) is 36.5 Å². The highest BCUT2D eigenvalue weighted by molar-refractivity contribution is 5.78. The molecule has 0 saturated heterocycles. The summed E-state index contributed by atoms with van der Waals surface area (Å²) in [7, 11) is 1.84. The monoisotopic (exact) mass is 186 g/mol. The molecule has 3 heteroatoms. The van der Waals surface area contributed by atoms with Crippen LogP contribution in [0.3, 0.4) is 0 Å². The molecular formula is C10H22N2O. The quantitative estimate of drug-likeness (QED) is 0.700. The molecule has 0 radical (unpaired) electrons. The SMILES string of the molecule is CCC(C)NCC(=O)N(C)C(C)C. The van der Waals surface area contributed by atoms with E-state index in [-0.39, 0.29) is 11.9 Å². The average Bonchev–Trinajstić information content (AvgIpc) is 2.11. The lowest BCUT2D eigenvalue weighted by molar-refractivity contribution is -0.130. The van der Waals surface area contributed by atoms with Crippen LogP contribution in [0.4, 0.5) is 0 Å². The molecule has 0 rings (SSSR count). The molecule has 1 N–H and O–H groups in total. The van der Waals surface area contributed by atoms with E-state index in [1.807, 2.05) is 20.9 Å². The lowest BCUT2D eigenvalue weighted by Crippen LogP contribution is -2.41. The van der Waals surface area contributed by atoms with Gasteiger partial charge in [-0.05, 0) is 27.2 Å². The first-order valence-electron chi connectivity index (χ1n) is 4.98. The minimum Gasteiger partial charge on any atom is -0.342 e. The standard InChI is InChI=1S/C10H22N2O/c1-6-9(4)11-7-10(13)12(5)8(2)3/h8-9,11H,6-7H2,1-5H3. The fourth-order valence-corrected chi connectivity index (χ4v) is 0.819. The minimum atomic E-state index is 0.162. The van der Waals surface area contributed by atoms with Crippen molar-refractivity contribution in [1.29, 1.82) is 0 Å². The van der Waals surface area contributed by atoms with E-state index >= 15 is 0 Å². The Morgan fingerprint density at radius 2 is 1.92 bits per heavy atom. The highest BCUT2D eigenvalue weighted by Crippen LogP contribution is 1.94. The maximum atomic E-state index is 11.5. The predicted molar refractivity (Wildman–Crippen MR) is 55.7 cm³/mol. The molecule has 0 spiro atoms. The van der Waals surface area contributed by atoms with Crippen LogP contribution in [0.2, 0.25) is 0 Å². The molecule has 0 aromatic carbocycles. The lowest BCUT2D eigenvalue weighted by atomic mass is 10.2. The van der Waals surface area contributed by atoms with Gasteiger partial charge in [-0.15, -0.1) is 0 Å². The molecule has 0 aliphatic heterocycles. The highest BCUT2D eigenvalue weighted by atomic mass is 16.2. The summed E-state index contributed by atoms with van der Waals surface area (Å²) in [6.45, 7) is 8.67. The second-order valence-electron chi connectivity index (χ2n) is 3.79. The van der Waals surface area contributed by atoms with Gasteiger partial charge in [-0.25, -0.2) is 0 Å². The Labute approximate surface area is 81.5 Å². The van der Waals surface area contributed by atoms with Crippen molar-refractivity contribution >= 4 is 5.91 Å². The van der Waals surface area contributed by atoms with Crippen LogP contribution < -0.4 is 5.32 Å². The van der Waals surface area contributed by atoms with Gasteiger partial charge in [-0.3, -0.25) is 4.79 Å². The van der Waals surface area contributed by atoms with Crippen molar-refractivity contribution in [3.05, 3.63) is 0 Å². The molecule has 0 aromatic rings. The zero-order valence-electron chi connectivity index (χ0n) is 9.42. The molecule has 0 aliphatic rings.